The van der Waals surface area contributed by atoms with Gasteiger partial charge in [0.15, 0.2) is 0 Å². The summed E-state index contributed by atoms with van der Waals surface area (Å²) in [5, 5.41) is 12.1. The Morgan fingerprint density at radius 3 is 2.57 bits per heavy atom. The second kappa shape index (κ2) is 3.87. The first-order chi connectivity index (χ1) is 6.66. The normalized spacial score (nSPS) is 34.4. The van der Waals surface area contributed by atoms with Gasteiger partial charge in [-0.05, 0) is 31.8 Å². The summed E-state index contributed by atoms with van der Waals surface area (Å²) >= 11 is 0. The molecular weight excluding hydrogens is 180 g/mol. The highest BCUT2D eigenvalue weighted by Crippen LogP contribution is 2.28. The summed E-state index contributed by atoms with van der Waals surface area (Å²) in [5.41, 5.74) is 0. The van der Waals surface area contributed by atoms with Crippen LogP contribution in [-0.2, 0) is 4.79 Å². The summed E-state index contributed by atoms with van der Waals surface area (Å²) < 4.78 is 0. The zero-order chi connectivity index (χ0) is 10.1. The molecule has 4 heteroatoms. The minimum absolute atomic E-state index is 0.193. The molecule has 0 radical (unpaired) electrons. The molecule has 0 bridgehead atoms. The number of hydrogen-bond acceptors (Lipinski definition) is 3. The highest BCUT2D eigenvalue weighted by atomic mass is 16.4. The molecule has 4 nitrogen and oxygen atoms in total. The number of nitrogens with one attached hydrogen (secondary N) is 1. The third-order valence-electron chi connectivity index (χ3n) is 3.51. The monoisotopic (exact) mass is 198 g/mol. The molecule has 80 valence electrons. The van der Waals surface area contributed by atoms with E-state index in [4.69, 9.17) is 5.11 Å². The van der Waals surface area contributed by atoms with E-state index >= 15 is 0 Å². The summed E-state index contributed by atoms with van der Waals surface area (Å²) in [6.45, 7) is 6.39. The molecule has 0 amide bonds. The molecule has 2 aliphatic heterocycles. The Bertz CT molecular complexity index is 220. The highest BCUT2D eigenvalue weighted by molar-refractivity contribution is 5.67. The lowest BCUT2D eigenvalue weighted by Gasteiger charge is -2.23. The minimum Gasteiger partial charge on any atom is -0.481 e. The molecule has 2 N–H and O–H groups in total. The molecule has 14 heavy (non-hydrogen) atoms. The quantitative estimate of drug-likeness (QED) is 0.670. The maximum Gasteiger partial charge on any atom is 0.304 e. The summed E-state index contributed by atoms with van der Waals surface area (Å²) in [7, 11) is 0. The first-order valence-corrected chi connectivity index (χ1v) is 5.33. The van der Waals surface area contributed by atoms with Crippen LogP contribution in [0.1, 0.15) is 13.3 Å². The predicted octanol–water partition coefficient (Wildman–Crippen LogP) is 0.000800. The van der Waals surface area contributed by atoms with Crippen LogP contribution in [0.25, 0.3) is 0 Å². The van der Waals surface area contributed by atoms with Crippen molar-refractivity contribution < 1.29 is 9.90 Å². The molecule has 2 rings (SSSR count). The third-order valence-corrected chi connectivity index (χ3v) is 3.51. The Balaban J connectivity index is 1.86. The Hall–Kier alpha value is -0.610. The summed E-state index contributed by atoms with van der Waals surface area (Å²) in [5.74, 6) is 0.824. The lowest BCUT2D eigenvalue weighted by Crippen LogP contribution is -2.35. The van der Waals surface area contributed by atoms with E-state index in [9.17, 15) is 4.79 Å². The van der Waals surface area contributed by atoms with Gasteiger partial charge >= 0.3 is 5.97 Å². The van der Waals surface area contributed by atoms with E-state index in [1.165, 1.54) is 0 Å². The maximum atomic E-state index is 10.6. The van der Waals surface area contributed by atoms with Crippen molar-refractivity contribution >= 4 is 5.97 Å². The third kappa shape index (κ3) is 1.91. The van der Waals surface area contributed by atoms with Crippen LogP contribution < -0.4 is 5.32 Å². The number of nitrogens with zero attached hydrogens (tertiary/aromatic N) is 1. The van der Waals surface area contributed by atoms with Gasteiger partial charge in [0.05, 0.1) is 6.42 Å². The van der Waals surface area contributed by atoms with Crippen molar-refractivity contribution in [2.24, 2.45) is 11.8 Å². The smallest absolute Gasteiger partial charge is 0.304 e. The van der Waals surface area contributed by atoms with E-state index in [0.29, 0.717) is 0 Å². The molecule has 2 aliphatic rings. The van der Waals surface area contributed by atoms with Crippen LogP contribution in [0.3, 0.4) is 0 Å². The molecule has 2 fully saturated rings. The SMILES string of the molecule is CC(CC(=O)O)N1C[C@H]2CNC[C@H]2C1. The first-order valence-electron chi connectivity index (χ1n) is 5.33. The topological polar surface area (TPSA) is 52.6 Å². The number of likely N-dealkylation sites (tertiary alicyclic amines) is 1. The van der Waals surface area contributed by atoms with Gasteiger partial charge in [-0.15, -0.1) is 0 Å². The summed E-state index contributed by atoms with van der Waals surface area (Å²) in [4.78, 5) is 12.9. The number of carbonyl (C=O) groups is 1. The van der Waals surface area contributed by atoms with Gasteiger partial charge in [-0.2, -0.15) is 0 Å². The minimum atomic E-state index is -0.687. The van der Waals surface area contributed by atoms with E-state index in [2.05, 4.69) is 10.2 Å². The predicted molar refractivity (Wildman–Crippen MR) is 53.1 cm³/mol. The fourth-order valence-electron chi connectivity index (χ4n) is 2.63. The van der Waals surface area contributed by atoms with Crippen LogP contribution in [0.5, 0.6) is 0 Å². The first kappa shape index (κ1) is 9.93. The van der Waals surface area contributed by atoms with Gasteiger partial charge < -0.3 is 10.4 Å². The van der Waals surface area contributed by atoms with Gasteiger partial charge in [0.25, 0.3) is 0 Å². The van der Waals surface area contributed by atoms with Gasteiger partial charge in [-0.3, -0.25) is 9.69 Å². The summed E-state index contributed by atoms with van der Waals surface area (Å²) in [6, 6.07) is 0.193. The summed E-state index contributed by atoms with van der Waals surface area (Å²) in [6.07, 6.45) is 0.271. The fourth-order valence-corrected chi connectivity index (χ4v) is 2.63. The lowest BCUT2D eigenvalue weighted by atomic mass is 10.0. The van der Waals surface area contributed by atoms with Crippen molar-refractivity contribution in [2.45, 2.75) is 19.4 Å². The average Bonchev–Trinajstić information content (AvgIpc) is 2.58. The lowest BCUT2D eigenvalue weighted by molar-refractivity contribution is -0.138. The second-order valence-corrected chi connectivity index (χ2v) is 4.58. The number of carboxylic acids is 1. The van der Waals surface area contributed by atoms with Crippen LogP contribution in [0.4, 0.5) is 0 Å². The number of hydrogen-bond donors (Lipinski definition) is 2. The maximum absolute atomic E-state index is 10.6. The van der Waals surface area contributed by atoms with Crippen LogP contribution >= 0.6 is 0 Å². The Morgan fingerprint density at radius 2 is 2.07 bits per heavy atom. The molecule has 2 heterocycles. The Labute approximate surface area is 84.3 Å². The van der Waals surface area contributed by atoms with Gasteiger partial charge in [0.1, 0.15) is 0 Å². The van der Waals surface area contributed by atoms with Crippen molar-refractivity contribution in [2.75, 3.05) is 26.2 Å². The molecule has 0 aromatic heterocycles. The molecule has 0 spiro atoms. The molecule has 2 saturated heterocycles. The highest BCUT2D eigenvalue weighted by Gasteiger charge is 2.37. The van der Waals surface area contributed by atoms with Crippen LogP contribution in [0.15, 0.2) is 0 Å². The van der Waals surface area contributed by atoms with Gasteiger partial charge in [-0.25, -0.2) is 0 Å². The average molecular weight is 198 g/mol. The van der Waals surface area contributed by atoms with Crippen molar-refractivity contribution in [1.29, 1.82) is 0 Å². The van der Waals surface area contributed by atoms with Gasteiger partial charge in [-0.1, -0.05) is 0 Å². The number of aliphatic carboxylic acids is 1. The number of carboxylic acid groups (broad SMARTS) is 1. The molecular formula is C10H18N2O2. The van der Waals surface area contributed by atoms with Crippen LogP contribution in [0.2, 0.25) is 0 Å². The largest absolute Gasteiger partial charge is 0.481 e. The van der Waals surface area contributed by atoms with E-state index in [0.717, 1.165) is 38.0 Å². The second-order valence-electron chi connectivity index (χ2n) is 4.58. The van der Waals surface area contributed by atoms with Crippen molar-refractivity contribution in [3.05, 3.63) is 0 Å². The molecule has 0 saturated carbocycles. The van der Waals surface area contributed by atoms with E-state index < -0.39 is 5.97 Å². The number of fused-ring (bicyclic) bond motifs is 1. The molecule has 1 unspecified atom stereocenters. The molecule has 0 aromatic carbocycles. The standard InChI is InChI=1S/C10H18N2O2/c1-7(2-10(13)14)12-5-8-3-11-4-9(8)6-12/h7-9,11H,2-6H2,1H3,(H,13,14)/t7?,8-,9+. The Morgan fingerprint density at radius 1 is 1.50 bits per heavy atom. The van der Waals surface area contributed by atoms with Crippen molar-refractivity contribution in [3.63, 3.8) is 0 Å². The van der Waals surface area contributed by atoms with E-state index in [1.54, 1.807) is 0 Å². The zero-order valence-corrected chi connectivity index (χ0v) is 8.57. The van der Waals surface area contributed by atoms with Crippen LogP contribution in [0, 0.1) is 11.8 Å². The zero-order valence-electron chi connectivity index (χ0n) is 8.57. The van der Waals surface area contributed by atoms with Gasteiger partial charge in [0, 0.05) is 19.1 Å². The molecule has 0 aromatic rings. The molecule has 0 aliphatic carbocycles. The van der Waals surface area contributed by atoms with E-state index in [-0.39, 0.29) is 12.5 Å². The van der Waals surface area contributed by atoms with Crippen LogP contribution in [-0.4, -0.2) is 48.2 Å². The fraction of sp³-hybridized carbons (Fsp3) is 0.900. The van der Waals surface area contributed by atoms with Gasteiger partial charge in [0.2, 0.25) is 0 Å². The number of rotatable bonds is 3. The Kier molecular flexibility index (Phi) is 2.74. The van der Waals surface area contributed by atoms with Crippen molar-refractivity contribution in [3.8, 4) is 0 Å². The molecule has 3 atom stereocenters. The van der Waals surface area contributed by atoms with E-state index in [1.807, 2.05) is 6.92 Å². The van der Waals surface area contributed by atoms with Crippen molar-refractivity contribution in [1.82, 2.24) is 10.2 Å².